The van der Waals surface area contributed by atoms with Crippen molar-refractivity contribution in [2.75, 3.05) is 7.11 Å². The summed E-state index contributed by atoms with van der Waals surface area (Å²) in [5, 5.41) is 9.02. The first-order valence-electron chi connectivity index (χ1n) is 8.89. The maximum absolute atomic E-state index is 15.0. The lowest BCUT2D eigenvalue weighted by Crippen LogP contribution is -2.41. The molecule has 1 aromatic heterocycles. The fraction of sp³-hybridized carbons (Fsp3) is 0.350. The van der Waals surface area contributed by atoms with Gasteiger partial charge < -0.3 is 18.8 Å². The average molecular weight is 398 g/mol. The van der Waals surface area contributed by atoms with Crippen LogP contribution in [-0.4, -0.2) is 36.7 Å². The molecule has 0 N–H and O–H groups in total. The van der Waals surface area contributed by atoms with Crippen LogP contribution in [-0.2, 0) is 9.31 Å². The molecule has 2 heterocycles. The van der Waals surface area contributed by atoms with Crippen LogP contribution >= 0.6 is 0 Å². The predicted octanol–water partition coefficient (Wildman–Crippen LogP) is 3.00. The molecular weight excluding hydrogens is 378 g/mol. The number of ether oxygens (including phenoxy) is 2. The zero-order valence-electron chi connectivity index (χ0n) is 16.8. The van der Waals surface area contributed by atoms with Gasteiger partial charge in [0.15, 0.2) is 17.9 Å². The third-order valence-corrected chi connectivity index (χ3v) is 5.17. The molecule has 0 atom stereocenters. The molecule has 1 aliphatic rings. The summed E-state index contributed by atoms with van der Waals surface area (Å²) in [6, 6.07) is 7.67. The highest BCUT2D eigenvalue weighted by Gasteiger charge is 2.52. The Morgan fingerprint density at radius 1 is 1.17 bits per heavy atom. The molecule has 0 spiro atoms. The topological polar surface area (TPSA) is 90.7 Å². The lowest BCUT2D eigenvalue weighted by molar-refractivity contribution is 0.00578. The van der Waals surface area contributed by atoms with Crippen molar-refractivity contribution in [3.63, 3.8) is 0 Å². The minimum Gasteiger partial charge on any atom is -0.480 e. The Morgan fingerprint density at radius 2 is 1.83 bits per heavy atom. The number of pyridine rings is 1. The van der Waals surface area contributed by atoms with Gasteiger partial charge in [0.05, 0.1) is 23.9 Å². The van der Waals surface area contributed by atoms with Crippen LogP contribution in [0.1, 0.15) is 43.6 Å². The van der Waals surface area contributed by atoms with Gasteiger partial charge in [-0.05, 0) is 45.3 Å². The molecule has 0 unspecified atom stereocenters. The molecule has 0 saturated carbocycles. The van der Waals surface area contributed by atoms with E-state index < -0.39 is 24.1 Å². The summed E-state index contributed by atoms with van der Waals surface area (Å²) >= 11 is 0. The standard InChI is InChI=1S/C20H20BFN2O5/c1-19(2)20(3,4)29-21(28-19)14-7-8-15(17(22)13(14)11-25)27-16-9-6-12(10-23)18(24-16)26-5/h6-9,11H,1-5H3. The molecule has 0 aliphatic carbocycles. The summed E-state index contributed by atoms with van der Waals surface area (Å²) in [6.07, 6.45) is 0.398. The summed E-state index contributed by atoms with van der Waals surface area (Å²) in [7, 11) is 0.467. The van der Waals surface area contributed by atoms with Gasteiger partial charge in [-0.1, -0.05) is 6.07 Å². The molecular formula is C20H20BFN2O5. The molecule has 7 nitrogen and oxygen atoms in total. The van der Waals surface area contributed by atoms with Gasteiger partial charge in [-0.15, -0.1) is 0 Å². The fourth-order valence-corrected chi connectivity index (χ4v) is 2.80. The average Bonchev–Trinajstić information content (AvgIpc) is 2.90. The van der Waals surface area contributed by atoms with E-state index in [1.807, 2.05) is 33.8 Å². The van der Waals surface area contributed by atoms with Gasteiger partial charge in [-0.2, -0.15) is 10.2 Å². The van der Waals surface area contributed by atoms with E-state index in [2.05, 4.69) is 4.98 Å². The molecule has 1 saturated heterocycles. The quantitative estimate of drug-likeness (QED) is 0.565. The van der Waals surface area contributed by atoms with E-state index in [4.69, 9.17) is 24.0 Å². The van der Waals surface area contributed by atoms with Gasteiger partial charge in [-0.3, -0.25) is 4.79 Å². The summed E-state index contributed by atoms with van der Waals surface area (Å²) in [5.74, 6) is -1.00. The van der Waals surface area contributed by atoms with E-state index in [9.17, 15) is 4.79 Å². The lowest BCUT2D eigenvalue weighted by atomic mass is 9.76. The molecule has 2 aromatic rings. The largest absolute Gasteiger partial charge is 0.495 e. The summed E-state index contributed by atoms with van der Waals surface area (Å²) < 4.78 is 37.3. The SMILES string of the molecule is COc1nc(Oc2ccc(B3OC(C)(C)C(C)(C)O3)c(C=O)c2F)ccc1C#N. The number of rotatable bonds is 5. The van der Waals surface area contributed by atoms with Crippen molar-refractivity contribution in [2.45, 2.75) is 38.9 Å². The monoisotopic (exact) mass is 398 g/mol. The second kappa shape index (κ2) is 7.46. The van der Waals surface area contributed by atoms with Gasteiger partial charge in [0.2, 0.25) is 11.8 Å². The molecule has 9 heteroatoms. The van der Waals surface area contributed by atoms with Crippen LogP contribution in [0.4, 0.5) is 4.39 Å². The summed E-state index contributed by atoms with van der Waals surface area (Å²) in [4.78, 5) is 15.7. The Kier molecular flexibility index (Phi) is 5.35. The van der Waals surface area contributed by atoms with Gasteiger partial charge in [0, 0.05) is 6.07 Å². The number of benzene rings is 1. The molecule has 0 amide bonds. The van der Waals surface area contributed by atoms with Gasteiger partial charge in [0.1, 0.15) is 11.6 Å². The summed E-state index contributed by atoms with van der Waals surface area (Å²) in [6.45, 7) is 7.47. The summed E-state index contributed by atoms with van der Waals surface area (Å²) in [5.41, 5.74) is -1.00. The zero-order valence-corrected chi connectivity index (χ0v) is 16.8. The van der Waals surface area contributed by atoms with Crippen LogP contribution in [0.25, 0.3) is 0 Å². The Balaban J connectivity index is 1.94. The molecule has 0 bridgehead atoms. The highest BCUT2D eigenvalue weighted by molar-refractivity contribution is 6.63. The number of nitrogens with zero attached hydrogens (tertiary/aromatic N) is 2. The number of halogens is 1. The van der Waals surface area contributed by atoms with Crippen LogP contribution in [0, 0.1) is 17.1 Å². The smallest absolute Gasteiger partial charge is 0.480 e. The van der Waals surface area contributed by atoms with E-state index in [0.29, 0.717) is 6.29 Å². The maximum atomic E-state index is 15.0. The van der Waals surface area contributed by atoms with Crippen molar-refractivity contribution in [3.05, 3.63) is 41.2 Å². The van der Waals surface area contributed by atoms with Crippen molar-refractivity contribution in [3.8, 4) is 23.6 Å². The van der Waals surface area contributed by atoms with Gasteiger partial charge in [0.25, 0.3) is 0 Å². The van der Waals surface area contributed by atoms with Crippen LogP contribution < -0.4 is 14.9 Å². The Bertz CT molecular complexity index is 987. The van der Waals surface area contributed by atoms with Crippen LogP contribution in [0.15, 0.2) is 24.3 Å². The minimum atomic E-state index is -0.892. The van der Waals surface area contributed by atoms with E-state index in [-0.39, 0.29) is 34.1 Å². The highest BCUT2D eigenvalue weighted by atomic mass is 19.1. The van der Waals surface area contributed by atoms with Crippen molar-refractivity contribution in [1.82, 2.24) is 4.98 Å². The van der Waals surface area contributed by atoms with Crippen molar-refractivity contribution in [1.29, 1.82) is 5.26 Å². The first-order valence-corrected chi connectivity index (χ1v) is 8.89. The van der Waals surface area contributed by atoms with Crippen LogP contribution in [0.2, 0.25) is 0 Å². The van der Waals surface area contributed by atoms with Crippen molar-refractivity contribution < 1.29 is 28.0 Å². The third kappa shape index (κ3) is 3.69. The molecule has 0 radical (unpaired) electrons. The van der Waals surface area contributed by atoms with Gasteiger partial charge in [-0.25, -0.2) is 4.39 Å². The molecule has 1 aromatic carbocycles. The number of aromatic nitrogens is 1. The van der Waals surface area contributed by atoms with E-state index in [1.54, 1.807) is 0 Å². The van der Waals surface area contributed by atoms with Crippen LogP contribution in [0.3, 0.4) is 0 Å². The maximum Gasteiger partial charge on any atom is 0.495 e. The van der Waals surface area contributed by atoms with Crippen molar-refractivity contribution in [2.24, 2.45) is 0 Å². The predicted molar refractivity (Wildman–Crippen MR) is 103 cm³/mol. The molecule has 1 fully saturated rings. The molecule has 150 valence electrons. The number of carbonyl (C=O) groups is 1. The Hall–Kier alpha value is -2.96. The molecule has 29 heavy (non-hydrogen) atoms. The number of nitriles is 1. The second-order valence-corrected chi connectivity index (χ2v) is 7.51. The Morgan fingerprint density at radius 3 is 2.38 bits per heavy atom. The molecule has 3 rings (SSSR count). The number of methoxy groups -OCH3 is 1. The minimum absolute atomic E-state index is 0.0139. The number of hydrogen-bond donors (Lipinski definition) is 0. The van der Waals surface area contributed by atoms with E-state index in [1.165, 1.54) is 31.4 Å². The number of carbonyl (C=O) groups excluding carboxylic acids is 1. The number of hydrogen-bond acceptors (Lipinski definition) is 7. The lowest BCUT2D eigenvalue weighted by Gasteiger charge is -2.32. The highest BCUT2D eigenvalue weighted by Crippen LogP contribution is 2.37. The van der Waals surface area contributed by atoms with Crippen molar-refractivity contribution >= 4 is 18.9 Å². The van der Waals surface area contributed by atoms with Gasteiger partial charge >= 0.3 is 7.12 Å². The first-order chi connectivity index (χ1) is 13.6. The second-order valence-electron chi connectivity index (χ2n) is 7.51. The van der Waals surface area contributed by atoms with Crippen LogP contribution in [0.5, 0.6) is 17.5 Å². The molecule has 1 aliphatic heterocycles. The van der Waals surface area contributed by atoms with E-state index >= 15 is 4.39 Å². The third-order valence-electron chi connectivity index (χ3n) is 5.17. The fourth-order valence-electron chi connectivity index (χ4n) is 2.80. The zero-order chi connectivity index (χ0) is 21.4. The number of aldehydes is 1. The van der Waals surface area contributed by atoms with E-state index in [0.717, 1.165) is 0 Å². The Labute approximate surface area is 168 Å². The first kappa shape index (κ1) is 20.8. The normalized spacial score (nSPS) is 16.9.